The van der Waals surface area contributed by atoms with Crippen LogP contribution in [0.1, 0.15) is 12.8 Å². The van der Waals surface area contributed by atoms with Crippen LogP contribution in [-0.4, -0.2) is 48.3 Å². The van der Waals surface area contributed by atoms with Crippen molar-refractivity contribution in [3.05, 3.63) is 0 Å². The molecule has 0 aliphatic carbocycles. The zero-order valence-electron chi connectivity index (χ0n) is 11.7. The van der Waals surface area contributed by atoms with Gasteiger partial charge >= 0.3 is 80.6 Å². The van der Waals surface area contributed by atoms with E-state index in [9.17, 15) is 65.7 Å². The summed E-state index contributed by atoms with van der Waals surface area (Å²) < 4.78 is 180. The minimum atomic E-state index is -7.62. The van der Waals surface area contributed by atoms with Gasteiger partial charge in [0.05, 0.1) is 0 Å². The van der Waals surface area contributed by atoms with Crippen LogP contribution in [0.3, 0.4) is 0 Å². The molecule has 0 saturated heterocycles. The van der Waals surface area contributed by atoms with E-state index in [1.54, 1.807) is 0 Å². The largest absolute Gasteiger partial charge is 1.00 e. The van der Waals surface area contributed by atoms with Gasteiger partial charge in [0.25, 0.3) is 0 Å². The Morgan fingerprint density at radius 2 is 1.16 bits per heavy atom. The smallest absolute Gasteiger partial charge is 0.743 e. The molecule has 17 heteroatoms. The van der Waals surface area contributed by atoms with Crippen LogP contribution in [0.5, 0.6) is 0 Å². The molecule has 0 aromatic rings. The molecule has 3 nitrogen and oxygen atoms in total. The summed E-state index contributed by atoms with van der Waals surface area (Å²) in [6.07, 6.45) is -15.1. The van der Waals surface area contributed by atoms with E-state index in [-0.39, 0.29) is 51.4 Å². The molecule has 0 aromatic heterocycles. The van der Waals surface area contributed by atoms with Gasteiger partial charge < -0.3 is 4.55 Å². The topological polar surface area (TPSA) is 57.2 Å². The molecule has 25 heavy (non-hydrogen) atoms. The van der Waals surface area contributed by atoms with E-state index < -0.39 is 58.3 Å². The van der Waals surface area contributed by atoms with Crippen molar-refractivity contribution < 1.29 is 117 Å². The molecule has 0 spiro atoms. The van der Waals surface area contributed by atoms with Gasteiger partial charge in [-0.25, -0.2) is 12.8 Å². The molecule has 0 aromatic carbocycles. The Morgan fingerprint density at radius 1 is 0.800 bits per heavy atom. The normalized spacial score (nSPS) is 16.4. The molecule has 0 N–H and O–H groups in total. The molecule has 1 atom stereocenters. The van der Waals surface area contributed by atoms with E-state index in [4.69, 9.17) is 0 Å². The van der Waals surface area contributed by atoms with Gasteiger partial charge in [0.15, 0.2) is 16.3 Å². The van der Waals surface area contributed by atoms with Crippen LogP contribution in [0.25, 0.3) is 0 Å². The van der Waals surface area contributed by atoms with Crippen LogP contribution < -0.4 is 51.4 Å². The predicted molar refractivity (Wildman–Crippen MR) is 49.7 cm³/mol. The first-order chi connectivity index (χ1) is 10.1. The second-order valence-corrected chi connectivity index (χ2v) is 5.79. The second kappa shape index (κ2) is 7.98. The molecule has 0 saturated carbocycles. The van der Waals surface area contributed by atoms with Crippen LogP contribution in [0.2, 0.25) is 0 Å². The van der Waals surface area contributed by atoms with E-state index >= 15 is 0 Å². The summed E-state index contributed by atoms with van der Waals surface area (Å²) in [5.74, 6) is -22.0. The third kappa shape index (κ3) is 5.37. The molecule has 146 valence electrons. The summed E-state index contributed by atoms with van der Waals surface area (Å²) in [5.41, 5.74) is 0. The fourth-order valence-corrected chi connectivity index (χ4v) is 1.66. The minimum Gasteiger partial charge on any atom is -0.743 e. The van der Waals surface area contributed by atoms with Gasteiger partial charge in [-0.05, 0) is 6.42 Å². The molecule has 0 fully saturated rings. The zero-order valence-corrected chi connectivity index (χ0v) is 15.6. The molecule has 0 rings (SSSR count). The monoisotopic (exact) mass is 448 g/mol. The Labute approximate surface area is 174 Å². The average molecular weight is 448 g/mol. The van der Waals surface area contributed by atoms with Crippen molar-refractivity contribution in [3.8, 4) is 0 Å². The Hall–Kier alpha value is 0.706. The first-order valence-electron chi connectivity index (χ1n) is 5.30. The van der Waals surface area contributed by atoms with Crippen molar-refractivity contribution in [1.82, 2.24) is 0 Å². The summed E-state index contributed by atoms with van der Waals surface area (Å²) in [5, 5.41) is -7.29. The van der Waals surface area contributed by atoms with Crippen molar-refractivity contribution in [2.75, 3.05) is 0 Å². The summed E-state index contributed by atoms with van der Waals surface area (Å²) in [7, 11) is -7.61. The van der Waals surface area contributed by atoms with Gasteiger partial charge in [0.1, 0.15) is 0 Å². The fourth-order valence-electron chi connectivity index (χ4n) is 1.22. The van der Waals surface area contributed by atoms with Crippen molar-refractivity contribution >= 4 is 10.1 Å². The van der Waals surface area contributed by atoms with E-state index in [0.29, 0.717) is 0 Å². The Bertz CT molecular complexity index is 557. The molecule has 0 bridgehead atoms. The third-order valence-electron chi connectivity index (χ3n) is 2.57. The van der Waals surface area contributed by atoms with E-state index in [0.717, 1.165) is 0 Å². The van der Waals surface area contributed by atoms with Gasteiger partial charge in [-0.2, -0.15) is 48.3 Å². The van der Waals surface area contributed by atoms with Gasteiger partial charge in [-0.1, -0.05) is 0 Å². The van der Waals surface area contributed by atoms with Crippen molar-refractivity contribution in [2.45, 2.75) is 48.2 Å². The Morgan fingerprint density at radius 3 is 1.44 bits per heavy atom. The van der Waals surface area contributed by atoms with Gasteiger partial charge in [-0.3, -0.25) is 0 Å². The van der Waals surface area contributed by atoms with Crippen LogP contribution in [0.4, 0.5) is 52.7 Å². The first kappa shape index (κ1) is 27.9. The number of halogens is 12. The third-order valence-corrected chi connectivity index (χ3v) is 3.45. The number of hydrogen-bond donors (Lipinski definition) is 0. The SMILES string of the molecule is O=S(=O)([O-])C(F)(F)C(F)(F)C(F)(F)C(F)(F)C(F)CCC(F)(F)F.[K+]. The van der Waals surface area contributed by atoms with Gasteiger partial charge in [0, 0.05) is 6.42 Å². The predicted octanol–water partition coefficient (Wildman–Crippen LogP) is 0.715. The molecule has 0 aliphatic rings. The average Bonchev–Trinajstić information content (AvgIpc) is 2.32. The van der Waals surface area contributed by atoms with Crippen LogP contribution in [0.15, 0.2) is 0 Å². The Balaban J connectivity index is 0. The van der Waals surface area contributed by atoms with Crippen LogP contribution >= 0.6 is 0 Å². The number of alkyl halides is 12. The molecular formula is C8H5F12KO3S. The summed E-state index contributed by atoms with van der Waals surface area (Å²) in [4.78, 5) is 0. The van der Waals surface area contributed by atoms with Crippen molar-refractivity contribution in [3.63, 3.8) is 0 Å². The van der Waals surface area contributed by atoms with Crippen LogP contribution in [0, 0.1) is 0 Å². The first-order valence-corrected chi connectivity index (χ1v) is 6.71. The quantitative estimate of drug-likeness (QED) is 0.328. The number of hydrogen-bond acceptors (Lipinski definition) is 3. The summed E-state index contributed by atoms with van der Waals surface area (Å²) in [6.45, 7) is 0. The maximum Gasteiger partial charge on any atom is 1.00 e. The van der Waals surface area contributed by atoms with E-state index in [2.05, 4.69) is 0 Å². The van der Waals surface area contributed by atoms with Gasteiger partial charge in [0.2, 0.25) is 0 Å². The summed E-state index contributed by atoms with van der Waals surface area (Å²) >= 11 is 0. The summed E-state index contributed by atoms with van der Waals surface area (Å²) in [6, 6.07) is 0. The van der Waals surface area contributed by atoms with Crippen LogP contribution in [-0.2, 0) is 10.1 Å². The minimum absolute atomic E-state index is 0. The van der Waals surface area contributed by atoms with Crippen molar-refractivity contribution in [2.24, 2.45) is 0 Å². The molecule has 0 amide bonds. The maximum atomic E-state index is 13.0. The standard InChI is InChI=1S/C8H6F12O3S.K/c9-3(1-2-4(10,11)12)5(13,14)6(15,16)7(17,18)8(19,20)24(21,22)23;/h3H,1-2H2,(H,21,22,23);/q;+1/p-1. The second-order valence-electron chi connectivity index (χ2n) is 4.36. The molecule has 0 heterocycles. The fraction of sp³-hybridized carbons (Fsp3) is 1.00. The van der Waals surface area contributed by atoms with E-state index in [1.165, 1.54) is 0 Å². The number of rotatable bonds is 7. The Kier molecular flexibility index (Phi) is 8.92. The molecule has 0 aliphatic heterocycles. The molecule has 0 radical (unpaired) electrons. The maximum absolute atomic E-state index is 13.0. The van der Waals surface area contributed by atoms with Gasteiger partial charge in [-0.15, -0.1) is 0 Å². The molecular weight excluding hydrogens is 443 g/mol. The zero-order chi connectivity index (χ0) is 20.0. The molecule has 1 unspecified atom stereocenters. The van der Waals surface area contributed by atoms with Crippen molar-refractivity contribution in [1.29, 1.82) is 0 Å². The van der Waals surface area contributed by atoms with E-state index in [1.807, 2.05) is 0 Å².